The molecule has 3 aromatic rings. The molecule has 1 atom stereocenters. The van der Waals surface area contributed by atoms with Gasteiger partial charge in [0.15, 0.2) is 0 Å². The van der Waals surface area contributed by atoms with Crippen molar-refractivity contribution in [2.24, 2.45) is 0 Å². The van der Waals surface area contributed by atoms with Gasteiger partial charge in [-0.3, -0.25) is 9.69 Å². The lowest BCUT2D eigenvalue weighted by Gasteiger charge is -2.24. The van der Waals surface area contributed by atoms with Crippen molar-refractivity contribution >= 4 is 17.5 Å². The van der Waals surface area contributed by atoms with Gasteiger partial charge in [0.1, 0.15) is 11.6 Å². The number of amides is 1. The fraction of sp³-hybridized carbons (Fsp3) is 0.292. The molecular formula is C24H24ClFN4O. The molecule has 1 aromatic heterocycles. The number of likely N-dealkylation sites (tertiary alicyclic amines) is 1. The van der Waals surface area contributed by atoms with Gasteiger partial charge >= 0.3 is 0 Å². The van der Waals surface area contributed by atoms with E-state index in [1.54, 1.807) is 18.3 Å². The van der Waals surface area contributed by atoms with E-state index in [1.807, 2.05) is 25.1 Å². The maximum atomic E-state index is 13.0. The van der Waals surface area contributed by atoms with Gasteiger partial charge in [-0.05, 0) is 61.7 Å². The molecule has 0 unspecified atom stereocenters. The van der Waals surface area contributed by atoms with Crippen LogP contribution in [0.15, 0.2) is 54.7 Å². The molecule has 5 nitrogen and oxygen atoms in total. The lowest BCUT2D eigenvalue weighted by Crippen LogP contribution is -2.27. The van der Waals surface area contributed by atoms with Gasteiger partial charge in [0, 0.05) is 24.3 Å². The minimum atomic E-state index is -0.300. The first kappa shape index (κ1) is 21.4. The molecule has 0 saturated carbocycles. The maximum Gasteiger partial charge on any atom is 0.254 e. The number of aryl methyl sites for hydroxylation is 1. The predicted molar refractivity (Wildman–Crippen MR) is 118 cm³/mol. The largest absolute Gasteiger partial charge is 0.348 e. The summed E-state index contributed by atoms with van der Waals surface area (Å²) in [4.78, 5) is 24.1. The van der Waals surface area contributed by atoms with E-state index in [0.717, 1.165) is 47.9 Å². The number of aromatic nitrogens is 2. The highest BCUT2D eigenvalue weighted by molar-refractivity contribution is 6.30. The first-order valence-electron chi connectivity index (χ1n) is 10.3. The standard InChI is InChI=1S/C24H24ClFN4O/c1-16-21(24(31)28-13-17-7-9-20(26)10-8-17)14-27-23(29-16)22-6-3-11-30(22)15-18-4-2-5-19(25)12-18/h2,4-5,7-10,12,14,22H,3,6,11,13,15H2,1H3,(H,28,31)/t22-/m0/s1. The fourth-order valence-electron chi connectivity index (χ4n) is 3.93. The minimum Gasteiger partial charge on any atom is -0.348 e. The second-order valence-electron chi connectivity index (χ2n) is 7.79. The van der Waals surface area contributed by atoms with Crippen molar-refractivity contribution in [2.75, 3.05) is 6.54 Å². The summed E-state index contributed by atoms with van der Waals surface area (Å²) in [7, 11) is 0. The van der Waals surface area contributed by atoms with Crippen molar-refractivity contribution in [1.29, 1.82) is 0 Å². The molecule has 1 fully saturated rings. The summed E-state index contributed by atoms with van der Waals surface area (Å²) in [6, 6.07) is 14.1. The number of carbonyl (C=O) groups excluding carboxylic acids is 1. The fourth-order valence-corrected chi connectivity index (χ4v) is 4.14. The lowest BCUT2D eigenvalue weighted by atomic mass is 10.1. The third kappa shape index (κ3) is 5.27. The Balaban J connectivity index is 1.43. The highest BCUT2D eigenvalue weighted by atomic mass is 35.5. The minimum absolute atomic E-state index is 0.119. The third-order valence-electron chi connectivity index (χ3n) is 5.55. The van der Waals surface area contributed by atoms with E-state index in [-0.39, 0.29) is 17.8 Å². The molecule has 0 spiro atoms. The van der Waals surface area contributed by atoms with Gasteiger partial charge in [0.2, 0.25) is 0 Å². The number of nitrogens with one attached hydrogen (secondary N) is 1. The summed E-state index contributed by atoms with van der Waals surface area (Å²) in [5, 5.41) is 3.58. The Morgan fingerprint density at radius 2 is 2.03 bits per heavy atom. The van der Waals surface area contributed by atoms with Crippen LogP contribution in [0.1, 0.15) is 51.9 Å². The number of hydrogen-bond acceptors (Lipinski definition) is 4. The second-order valence-corrected chi connectivity index (χ2v) is 8.23. The Morgan fingerprint density at radius 3 is 2.77 bits per heavy atom. The molecule has 1 saturated heterocycles. The molecule has 31 heavy (non-hydrogen) atoms. The normalized spacial score (nSPS) is 16.4. The summed E-state index contributed by atoms with van der Waals surface area (Å²) < 4.78 is 13.0. The second kappa shape index (κ2) is 9.54. The molecule has 2 heterocycles. The van der Waals surface area contributed by atoms with Crippen molar-refractivity contribution < 1.29 is 9.18 Å². The van der Waals surface area contributed by atoms with Crippen molar-refractivity contribution in [3.05, 3.63) is 93.8 Å². The number of halogens is 2. The molecule has 0 radical (unpaired) electrons. The molecule has 7 heteroatoms. The monoisotopic (exact) mass is 438 g/mol. The van der Waals surface area contributed by atoms with Gasteiger partial charge < -0.3 is 5.32 Å². The Bertz CT molecular complexity index is 1070. The van der Waals surface area contributed by atoms with Gasteiger partial charge in [0.05, 0.1) is 17.3 Å². The lowest BCUT2D eigenvalue weighted by molar-refractivity contribution is 0.0949. The van der Waals surface area contributed by atoms with Crippen LogP contribution in [0, 0.1) is 12.7 Å². The first-order chi connectivity index (χ1) is 15.0. The average Bonchev–Trinajstić information content (AvgIpc) is 3.21. The summed E-state index contributed by atoms with van der Waals surface area (Å²) >= 11 is 6.13. The molecule has 1 aliphatic heterocycles. The highest BCUT2D eigenvalue weighted by Gasteiger charge is 2.29. The number of carbonyl (C=O) groups is 1. The SMILES string of the molecule is Cc1nc([C@@H]2CCCN2Cc2cccc(Cl)c2)ncc1C(=O)NCc1ccc(F)cc1. The van der Waals surface area contributed by atoms with Crippen molar-refractivity contribution in [2.45, 2.75) is 38.9 Å². The summed E-state index contributed by atoms with van der Waals surface area (Å²) in [5.74, 6) is 0.203. The Hall–Kier alpha value is -2.83. The molecule has 1 aliphatic rings. The van der Waals surface area contributed by atoms with Crippen molar-refractivity contribution in [3.63, 3.8) is 0 Å². The van der Waals surface area contributed by atoms with E-state index in [4.69, 9.17) is 11.6 Å². The quantitative estimate of drug-likeness (QED) is 0.598. The van der Waals surface area contributed by atoms with Crippen LogP contribution in [-0.4, -0.2) is 27.3 Å². The van der Waals surface area contributed by atoms with Crippen LogP contribution in [0.25, 0.3) is 0 Å². The number of benzene rings is 2. The van der Waals surface area contributed by atoms with Gasteiger partial charge in [-0.2, -0.15) is 0 Å². The maximum absolute atomic E-state index is 13.0. The summed E-state index contributed by atoms with van der Waals surface area (Å²) in [6.45, 7) is 3.90. The van der Waals surface area contributed by atoms with E-state index in [0.29, 0.717) is 17.8 Å². The van der Waals surface area contributed by atoms with Crippen LogP contribution < -0.4 is 5.32 Å². The molecule has 1 amide bonds. The Labute approximate surface area is 186 Å². The van der Waals surface area contributed by atoms with Crippen LogP contribution in [0.4, 0.5) is 4.39 Å². The van der Waals surface area contributed by atoms with Gasteiger partial charge in [-0.15, -0.1) is 0 Å². The zero-order chi connectivity index (χ0) is 21.8. The highest BCUT2D eigenvalue weighted by Crippen LogP contribution is 2.31. The molecule has 4 rings (SSSR count). The molecular weight excluding hydrogens is 415 g/mol. The first-order valence-corrected chi connectivity index (χ1v) is 10.7. The van der Waals surface area contributed by atoms with E-state index >= 15 is 0 Å². The van der Waals surface area contributed by atoms with Crippen LogP contribution in [0.3, 0.4) is 0 Å². The van der Waals surface area contributed by atoms with Crippen LogP contribution in [0.5, 0.6) is 0 Å². The Morgan fingerprint density at radius 1 is 1.23 bits per heavy atom. The topological polar surface area (TPSA) is 58.1 Å². The average molecular weight is 439 g/mol. The smallest absolute Gasteiger partial charge is 0.254 e. The molecule has 160 valence electrons. The van der Waals surface area contributed by atoms with E-state index < -0.39 is 0 Å². The van der Waals surface area contributed by atoms with Gasteiger partial charge in [-0.25, -0.2) is 14.4 Å². The van der Waals surface area contributed by atoms with Crippen molar-refractivity contribution in [1.82, 2.24) is 20.2 Å². The van der Waals surface area contributed by atoms with Crippen LogP contribution >= 0.6 is 11.6 Å². The molecule has 2 aromatic carbocycles. The summed E-state index contributed by atoms with van der Waals surface area (Å²) in [6.07, 6.45) is 3.66. The van der Waals surface area contributed by atoms with Crippen molar-refractivity contribution in [3.8, 4) is 0 Å². The molecule has 1 N–H and O–H groups in total. The number of nitrogens with zero attached hydrogens (tertiary/aromatic N) is 3. The van der Waals surface area contributed by atoms with Gasteiger partial charge in [-0.1, -0.05) is 35.9 Å². The summed E-state index contributed by atoms with van der Waals surface area (Å²) in [5.41, 5.74) is 3.09. The number of hydrogen-bond donors (Lipinski definition) is 1. The Kier molecular flexibility index (Phi) is 6.59. The van der Waals surface area contributed by atoms with E-state index in [1.165, 1.54) is 12.1 Å². The van der Waals surface area contributed by atoms with Gasteiger partial charge in [0.25, 0.3) is 5.91 Å². The molecule has 0 aliphatic carbocycles. The van der Waals surface area contributed by atoms with Crippen LogP contribution in [-0.2, 0) is 13.1 Å². The zero-order valence-electron chi connectivity index (χ0n) is 17.3. The van der Waals surface area contributed by atoms with E-state index in [9.17, 15) is 9.18 Å². The molecule has 0 bridgehead atoms. The predicted octanol–water partition coefficient (Wildman–Crippen LogP) is 4.84. The van der Waals surface area contributed by atoms with Crippen LogP contribution in [0.2, 0.25) is 5.02 Å². The number of rotatable bonds is 6. The zero-order valence-corrected chi connectivity index (χ0v) is 18.1. The third-order valence-corrected chi connectivity index (χ3v) is 5.78. The van der Waals surface area contributed by atoms with E-state index in [2.05, 4.69) is 26.3 Å².